The Labute approximate surface area is 320 Å². The highest BCUT2D eigenvalue weighted by atomic mass is 35.5. The van der Waals surface area contributed by atoms with Crippen molar-refractivity contribution >= 4 is 45.6 Å². The quantitative estimate of drug-likeness (QED) is 0.142. The molecule has 282 valence electrons. The van der Waals surface area contributed by atoms with E-state index in [1.807, 2.05) is 31.2 Å². The number of rotatable bonds is 9. The van der Waals surface area contributed by atoms with Crippen molar-refractivity contribution in [2.45, 2.75) is 70.9 Å². The minimum absolute atomic E-state index is 0.120. The molecule has 0 unspecified atom stereocenters. The molecular weight excluding hydrogens is 705 g/mol. The van der Waals surface area contributed by atoms with Crippen LogP contribution < -0.4 is 10.1 Å². The Morgan fingerprint density at radius 3 is 2.48 bits per heavy atom. The zero-order valence-electron chi connectivity index (χ0n) is 31.1. The first-order valence-corrected chi connectivity index (χ1v) is 19.1. The van der Waals surface area contributed by atoms with E-state index in [9.17, 15) is 9.18 Å². The maximum atomic E-state index is 14.0. The summed E-state index contributed by atoms with van der Waals surface area (Å²) in [7, 11) is 2.10. The Morgan fingerprint density at radius 1 is 1.00 bits per heavy atom. The van der Waals surface area contributed by atoms with E-state index in [0.717, 1.165) is 85.0 Å². The number of amides is 1. The van der Waals surface area contributed by atoms with Crippen LogP contribution in [0.15, 0.2) is 66.7 Å². The molecule has 9 rings (SSSR count). The molecule has 1 saturated carbocycles. The number of nitrogens with zero attached hydrogens (tertiary/aromatic N) is 5. The van der Waals surface area contributed by atoms with Crippen molar-refractivity contribution in [1.29, 1.82) is 0 Å². The fourth-order valence-corrected chi connectivity index (χ4v) is 7.04. The number of nitrogens with one attached hydrogen (secondary N) is 2. The van der Waals surface area contributed by atoms with Gasteiger partial charge in [0, 0.05) is 65.3 Å². The van der Waals surface area contributed by atoms with Gasteiger partial charge < -0.3 is 19.4 Å². The second kappa shape index (κ2) is 17.1. The molecule has 0 radical (unpaired) electrons. The zero-order valence-corrected chi connectivity index (χ0v) is 31.8. The topological polar surface area (TPSA) is 110 Å². The first-order valence-electron chi connectivity index (χ1n) is 18.7. The Hall–Kier alpha value is -4.84. The largest absolute Gasteiger partial charge is 0.473 e. The number of fused-ring (bicyclic) bond motifs is 2. The number of aromatic amines is 1. The van der Waals surface area contributed by atoms with Crippen molar-refractivity contribution in [1.82, 2.24) is 29.6 Å². The number of H-pyrrole nitrogens is 1. The van der Waals surface area contributed by atoms with E-state index in [-0.39, 0.29) is 12.4 Å². The highest BCUT2D eigenvalue weighted by molar-refractivity contribution is 6.30. The number of anilines is 1. The number of aryl methyl sites for hydroxylation is 3. The third-order valence-electron chi connectivity index (χ3n) is 10.3. The number of piperidine rings is 1. The van der Waals surface area contributed by atoms with Crippen molar-refractivity contribution in [3.63, 3.8) is 0 Å². The fourth-order valence-electron chi connectivity index (χ4n) is 6.89. The summed E-state index contributed by atoms with van der Waals surface area (Å²) in [6.45, 7) is 9.06. The summed E-state index contributed by atoms with van der Waals surface area (Å²) in [5, 5.41) is 11.5. The number of hydrogen-bond donors (Lipinski definition) is 2. The summed E-state index contributed by atoms with van der Waals surface area (Å²) in [6.07, 6.45) is 6.51. The van der Waals surface area contributed by atoms with Crippen LogP contribution in [-0.2, 0) is 29.7 Å². The van der Waals surface area contributed by atoms with Gasteiger partial charge >= 0.3 is 0 Å². The first-order chi connectivity index (χ1) is 26.2. The smallest absolute Gasteiger partial charge is 0.213 e. The molecule has 5 heterocycles. The van der Waals surface area contributed by atoms with Crippen molar-refractivity contribution in [3.8, 4) is 5.88 Å². The number of imidazole rings is 1. The SMILES string of the molecule is C1COC1.Cc1[nH]nc2c(C3CC3)cc(NC=O)cc12.Cc1ccc2c(c1)nc(CN1CCC(c3cccc(OCc4ccc(Cl)cc4F)n3)CC1)n2C. The first kappa shape index (κ1) is 37.5. The second-order valence-electron chi connectivity index (χ2n) is 14.4. The van der Waals surface area contributed by atoms with Gasteiger partial charge in [-0.25, -0.2) is 14.4 Å². The van der Waals surface area contributed by atoms with Gasteiger partial charge in [0.05, 0.1) is 23.1 Å². The Morgan fingerprint density at radius 2 is 1.78 bits per heavy atom. The van der Waals surface area contributed by atoms with E-state index in [0.29, 0.717) is 34.7 Å². The highest BCUT2D eigenvalue weighted by Gasteiger charge is 2.27. The van der Waals surface area contributed by atoms with Gasteiger partial charge in [-0.05, 0) is 119 Å². The van der Waals surface area contributed by atoms with Gasteiger partial charge in [0.1, 0.15) is 18.2 Å². The van der Waals surface area contributed by atoms with Gasteiger partial charge in [-0.15, -0.1) is 0 Å². The average Bonchev–Trinajstić information content (AvgIpc) is 3.86. The molecule has 10 nitrogen and oxygen atoms in total. The van der Waals surface area contributed by atoms with Crippen molar-refractivity contribution < 1.29 is 18.7 Å². The number of carbonyl (C=O) groups is 1. The van der Waals surface area contributed by atoms with E-state index in [1.165, 1.54) is 42.0 Å². The summed E-state index contributed by atoms with van der Waals surface area (Å²) >= 11 is 5.83. The minimum Gasteiger partial charge on any atom is -0.473 e. The molecule has 1 amide bonds. The van der Waals surface area contributed by atoms with Crippen LogP contribution in [0, 0.1) is 19.7 Å². The molecule has 3 aromatic carbocycles. The fraction of sp³-hybridized carbons (Fsp3) is 0.381. The summed E-state index contributed by atoms with van der Waals surface area (Å²) in [6, 6.07) is 20.9. The molecule has 12 heteroatoms. The van der Waals surface area contributed by atoms with Gasteiger partial charge in [0.25, 0.3) is 0 Å². The van der Waals surface area contributed by atoms with Crippen molar-refractivity contribution in [2.24, 2.45) is 7.05 Å². The third-order valence-corrected chi connectivity index (χ3v) is 10.6. The predicted octanol–water partition coefficient (Wildman–Crippen LogP) is 8.75. The number of benzene rings is 3. The van der Waals surface area contributed by atoms with E-state index >= 15 is 0 Å². The van der Waals surface area contributed by atoms with Crippen molar-refractivity contribution in [2.75, 3.05) is 31.6 Å². The molecular formula is C42H47ClFN7O3. The normalized spacial score (nSPS) is 15.9. The van der Waals surface area contributed by atoms with Crippen LogP contribution >= 0.6 is 11.6 Å². The molecule has 1 aliphatic carbocycles. The number of carbonyl (C=O) groups excluding carboxylic acids is 1. The predicted molar refractivity (Wildman–Crippen MR) is 211 cm³/mol. The van der Waals surface area contributed by atoms with Crippen LogP contribution in [0.5, 0.6) is 5.88 Å². The Balaban J connectivity index is 0.000000184. The Bertz CT molecular complexity index is 2220. The van der Waals surface area contributed by atoms with Gasteiger partial charge in [0.2, 0.25) is 12.3 Å². The second-order valence-corrected chi connectivity index (χ2v) is 14.8. The molecule has 2 saturated heterocycles. The number of likely N-dealkylation sites (tertiary alicyclic amines) is 1. The molecule has 0 atom stereocenters. The molecule has 2 N–H and O–H groups in total. The maximum Gasteiger partial charge on any atom is 0.213 e. The standard InChI is InChI=1S/C27H28ClFN4O.C12H13N3O.C3H6O/c1-18-6-9-25-24(14-18)30-26(32(25)2)16-33-12-10-19(11-13-33)23-4-3-5-27(31-23)34-17-20-7-8-21(28)15-22(20)29;1-7-10-4-9(13-6-16)5-11(8-2-3-8)12(10)15-14-7;1-2-4-3-1/h3-9,14-15,19H,10-13,16-17H2,1-2H3;4-6,8H,2-3H2,1H3,(H,13,16)(H,14,15);1-3H2. The maximum absolute atomic E-state index is 14.0. The number of hydrogen-bond acceptors (Lipinski definition) is 7. The molecule has 0 bridgehead atoms. The van der Waals surface area contributed by atoms with Crippen LogP contribution in [0.1, 0.15) is 77.8 Å². The molecule has 3 aliphatic rings. The van der Waals surface area contributed by atoms with Crippen LogP contribution in [0.25, 0.3) is 21.9 Å². The molecule has 2 aliphatic heterocycles. The van der Waals surface area contributed by atoms with E-state index < -0.39 is 0 Å². The molecule has 3 fully saturated rings. The number of aromatic nitrogens is 5. The monoisotopic (exact) mass is 751 g/mol. The number of ether oxygens (including phenoxy) is 2. The van der Waals surface area contributed by atoms with Crippen LogP contribution in [0.3, 0.4) is 0 Å². The molecule has 0 spiro atoms. The highest BCUT2D eigenvalue weighted by Crippen LogP contribution is 2.44. The van der Waals surface area contributed by atoms with Crippen molar-refractivity contribution in [3.05, 3.63) is 111 Å². The van der Waals surface area contributed by atoms with E-state index in [1.54, 1.807) is 12.1 Å². The third kappa shape index (κ3) is 9.09. The lowest BCUT2D eigenvalue weighted by atomic mass is 9.93. The lowest BCUT2D eigenvalue weighted by Crippen LogP contribution is -2.33. The van der Waals surface area contributed by atoms with Gasteiger partial charge in [-0.2, -0.15) is 5.10 Å². The van der Waals surface area contributed by atoms with E-state index in [2.05, 4.69) is 63.2 Å². The number of pyridine rings is 1. The van der Waals surface area contributed by atoms with E-state index in [4.69, 9.17) is 31.0 Å². The zero-order chi connectivity index (χ0) is 37.6. The van der Waals surface area contributed by atoms with Gasteiger partial charge in [-0.3, -0.25) is 14.8 Å². The minimum atomic E-state index is -0.369. The van der Waals surface area contributed by atoms with Crippen LogP contribution in [0.2, 0.25) is 5.02 Å². The molecule has 3 aromatic heterocycles. The summed E-state index contributed by atoms with van der Waals surface area (Å²) in [5.74, 6) is 2.26. The van der Waals surface area contributed by atoms with Crippen LogP contribution in [-0.4, -0.2) is 62.3 Å². The average molecular weight is 752 g/mol. The van der Waals surface area contributed by atoms with Gasteiger partial charge in [-0.1, -0.05) is 29.8 Å². The molecule has 54 heavy (non-hydrogen) atoms. The summed E-state index contributed by atoms with van der Waals surface area (Å²) in [5.41, 5.74) is 9.17. The van der Waals surface area contributed by atoms with Crippen LogP contribution in [0.4, 0.5) is 10.1 Å². The summed E-state index contributed by atoms with van der Waals surface area (Å²) < 4.78 is 26.7. The lowest BCUT2D eigenvalue weighted by Gasteiger charge is -2.31. The molecule has 6 aromatic rings. The van der Waals surface area contributed by atoms with Gasteiger partial charge in [0.15, 0.2) is 0 Å². The number of halogens is 2. The summed E-state index contributed by atoms with van der Waals surface area (Å²) in [4.78, 5) is 22.5. The Kier molecular flexibility index (Phi) is 11.9. The lowest BCUT2D eigenvalue weighted by molar-refractivity contribution is -0.105.